The average molecular weight is 302 g/mol. The van der Waals surface area contributed by atoms with Gasteiger partial charge in [0.05, 0.1) is 11.3 Å². The molecule has 0 unspecified atom stereocenters. The molecule has 0 spiro atoms. The van der Waals surface area contributed by atoms with E-state index in [0.717, 1.165) is 0 Å². The molecule has 2 aromatic rings. The van der Waals surface area contributed by atoms with Gasteiger partial charge in [-0.25, -0.2) is 18.4 Å². The minimum absolute atomic E-state index is 0.362. The molecule has 8 heteroatoms. The first kappa shape index (κ1) is 14.4. The number of nitrogens with zero attached hydrogens (tertiary/aromatic N) is 2. The van der Waals surface area contributed by atoms with E-state index in [2.05, 4.69) is 9.97 Å². The first-order valence-electron chi connectivity index (χ1n) is 5.45. The highest BCUT2D eigenvalue weighted by atomic mass is 32.2. The Bertz CT molecular complexity index is 683. The maximum Gasteiger partial charge on any atom is 0.419 e. The van der Waals surface area contributed by atoms with Gasteiger partial charge in [0.1, 0.15) is 0 Å². The molecule has 2 rings (SSSR count). The van der Waals surface area contributed by atoms with Crippen LogP contribution >= 0.6 is 0 Å². The number of hydrogen-bond donors (Lipinski definition) is 0. The van der Waals surface area contributed by atoms with Crippen LogP contribution in [0.1, 0.15) is 11.1 Å². The Morgan fingerprint density at radius 3 is 2.05 bits per heavy atom. The van der Waals surface area contributed by atoms with Gasteiger partial charge in [0.15, 0.2) is 0 Å². The predicted octanol–water partition coefficient (Wildman–Crippen LogP) is 2.47. The second-order valence-corrected chi connectivity index (χ2v) is 5.88. The molecule has 106 valence electrons. The Labute approximate surface area is 113 Å². The molecule has 1 aromatic heterocycles. The number of hydrogen-bond acceptors (Lipinski definition) is 4. The van der Waals surface area contributed by atoms with E-state index in [4.69, 9.17) is 0 Å². The zero-order valence-electron chi connectivity index (χ0n) is 10.0. The fraction of sp³-hybridized carbons (Fsp3) is 0.167. The van der Waals surface area contributed by atoms with Crippen LogP contribution in [0.3, 0.4) is 0 Å². The molecule has 0 amide bonds. The van der Waals surface area contributed by atoms with Crippen molar-refractivity contribution in [2.45, 2.75) is 17.1 Å². The Morgan fingerprint density at radius 1 is 1.00 bits per heavy atom. The van der Waals surface area contributed by atoms with E-state index < -0.39 is 26.7 Å². The summed E-state index contributed by atoms with van der Waals surface area (Å²) in [5, 5.41) is -0.616. The summed E-state index contributed by atoms with van der Waals surface area (Å²) < 4.78 is 60.9. The van der Waals surface area contributed by atoms with Gasteiger partial charge in [-0.3, -0.25) is 0 Å². The lowest BCUT2D eigenvalue weighted by atomic mass is 10.2. The lowest BCUT2D eigenvalue weighted by Crippen LogP contribution is -2.12. The highest BCUT2D eigenvalue weighted by Crippen LogP contribution is 2.28. The third kappa shape index (κ3) is 3.32. The van der Waals surface area contributed by atoms with Crippen molar-refractivity contribution < 1.29 is 21.6 Å². The van der Waals surface area contributed by atoms with Gasteiger partial charge in [0, 0.05) is 12.4 Å². The quantitative estimate of drug-likeness (QED) is 0.817. The van der Waals surface area contributed by atoms with Crippen molar-refractivity contribution in [3.05, 3.63) is 53.9 Å². The van der Waals surface area contributed by atoms with E-state index in [1.54, 1.807) is 30.3 Å². The number of benzene rings is 1. The number of alkyl halides is 3. The van der Waals surface area contributed by atoms with Gasteiger partial charge >= 0.3 is 6.18 Å². The van der Waals surface area contributed by atoms with E-state index in [1.807, 2.05) is 0 Å². The Balaban J connectivity index is 2.27. The van der Waals surface area contributed by atoms with Crippen LogP contribution < -0.4 is 0 Å². The average Bonchev–Trinajstić information content (AvgIpc) is 2.38. The molecular weight excluding hydrogens is 293 g/mol. The van der Waals surface area contributed by atoms with Crippen LogP contribution in [0, 0.1) is 0 Å². The molecule has 1 heterocycles. The molecule has 0 aliphatic heterocycles. The van der Waals surface area contributed by atoms with Crippen molar-refractivity contribution in [2.75, 3.05) is 0 Å². The molecular formula is C12H9F3N2O2S. The standard InChI is InChI=1S/C12H9F3N2O2S/c13-12(14,15)10-6-16-11(17-7-10)20(18,19)8-9-4-2-1-3-5-9/h1-7H,8H2. The summed E-state index contributed by atoms with van der Waals surface area (Å²) >= 11 is 0. The smallest absolute Gasteiger partial charge is 0.226 e. The van der Waals surface area contributed by atoms with Crippen LogP contribution in [0.5, 0.6) is 0 Å². The third-order valence-electron chi connectivity index (χ3n) is 2.43. The first-order chi connectivity index (χ1) is 9.29. The fourth-order valence-electron chi connectivity index (χ4n) is 1.48. The summed E-state index contributed by atoms with van der Waals surface area (Å²) in [4.78, 5) is 6.59. The summed E-state index contributed by atoms with van der Waals surface area (Å²) in [6.45, 7) is 0. The summed E-state index contributed by atoms with van der Waals surface area (Å²) in [5.41, 5.74) is -0.577. The Hall–Kier alpha value is -1.96. The van der Waals surface area contributed by atoms with Gasteiger partial charge in [0.2, 0.25) is 15.0 Å². The van der Waals surface area contributed by atoms with Crippen molar-refractivity contribution in [1.29, 1.82) is 0 Å². The van der Waals surface area contributed by atoms with Crippen molar-refractivity contribution in [3.63, 3.8) is 0 Å². The van der Waals surface area contributed by atoms with Crippen LogP contribution in [-0.4, -0.2) is 18.4 Å². The van der Waals surface area contributed by atoms with Gasteiger partial charge in [0.25, 0.3) is 0 Å². The van der Waals surface area contributed by atoms with Crippen molar-refractivity contribution in [2.24, 2.45) is 0 Å². The molecule has 0 fully saturated rings. The van der Waals surface area contributed by atoms with E-state index >= 15 is 0 Å². The number of rotatable bonds is 3. The molecule has 20 heavy (non-hydrogen) atoms. The minimum Gasteiger partial charge on any atom is -0.226 e. The maximum atomic E-state index is 12.3. The topological polar surface area (TPSA) is 59.9 Å². The predicted molar refractivity (Wildman–Crippen MR) is 64.4 cm³/mol. The molecule has 1 aromatic carbocycles. The molecule has 0 radical (unpaired) electrons. The molecule has 0 N–H and O–H groups in total. The summed E-state index contributed by atoms with van der Waals surface area (Å²) in [5.74, 6) is -0.362. The molecule has 0 saturated carbocycles. The normalized spacial score (nSPS) is 12.3. The molecule has 0 aliphatic carbocycles. The van der Waals surface area contributed by atoms with Crippen molar-refractivity contribution in [1.82, 2.24) is 9.97 Å². The van der Waals surface area contributed by atoms with E-state index in [9.17, 15) is 21.6 Å². The van der Waals surface area contributed by atoms with E-state index in [0.29, 0.717) is 18.0 Å². The largest absolute Gasteiger partial charge is 0.419 e. The van der Waals surface area contributed by atoms with Crippen LogP contribution in [0.25, 0.3) is 0 Å². The minimum atomic E-state index is -4.60. The van der Waals surface area contributed by atoms with Gasteiger partial charge in [-0.05, 0) is 5.56 Å². The summed E-state index contributed by atoms with van der Waals surface area (Å²) in [6.07, 6.45) is -3.67. The monoisotopic (exact) mass is 302 g/mol. The van der Waals surface area contributed by atoms with E-state index in [1.165, 1.54) is 0 Å². The van der Waals surface area contributed by atoms with Crippen molar-refractivity contribution in [3.8, 4) is 0 Å². The van der Waals surface area contributed by atoms with Crippen LogP contribution in [0.15, 0.2) is 47.9 Å². The lowest BCUT2D eigenvalue weighted by molar-refractivity contribution is -0.138. The summed E-state index contributed by atoms with van der Waals surface area (Å²) in [6, 6.07) is 8.25. The van der Waals surface area contributed by atoms with Crippen LogP contribution in [0.2, 0.25) is 0 Å². The third-order valence-corrected chi connectivity index (χ3v) is 3.91. The van der Waals surface area contributed by atoms with Crippen molar-refractivity contribution >= 4 is 9.84 Å². The zero-order valence-corrected chi connectivity index (χ0v) is 10.8. The Kier molecular flexibility index (Phi) is 3.76. The molecule has 0 saturated heterocycles. The van der Waals surface area contributed by atoms with E-state index in [-0.39, 0.29) is 5.75 Å². The molecule has 0 aliphatic rings. The molecule has 4 nitrogen and oxygen atoms in total. The number of aromatic nitrogens is 2. The molecule has 0 atom stereocenters. The van der Waals surface area contributed by atoms with Gasteiger partial charge in [-0.2, -0.15) is 13.2 Å². The second-order valence-electron chi connectivity index (χ2n) is 4.00. The Morgan fingerprint density at radius 2 is 1.55 bits per heavy atom. The van der Waals surface area contributed by atoms with Gasteiger partial charge < -0.3 is 0 Å². The first-order valence-corrected chi connectivity index (χ1v) is 7.10. The van der Waals surface area contributed by atoms with Gasteiger partial charge in [-0.1, -0.05) is 30.3 Å². The van der Waals surface area contributed by atoms with Gasteiger partial charge in [-0.15, -0.1) is 0 Å². The lowest BCUT2D eigenvalue weighted by Gasteiger charge is -2.06. The highest BCUT2D eigenvalue weighted by Gasteiger charge is 2.32. The fourth-order valence-corrected chi connectivity index (χ4v) is 2.67. The number of sulfone groups is 1. The second kappa shape index (κ2) is 5.20. The maximum absolute atomic E-state index is 12.3. The number of halogens is 3. The highest BCUT2D eigenvalue weighted by molar-refractivity contribution is 7.90. The summed E-state index contributed by atoms with van der Waals surface area (Å²) in [7, 11) is -3.87. The van der Waals surface area contributed by atoms with Crippen LogP contribution in [0.4, 0.5) is 13.2 Å². The molecule has 0 bridgehead atoms. The SMILES string of the molecule is O=S(=O)(Cc1ccccc1)c1ncc(C(F)(F)F)cn1. The van der Waals surface area contributed by atoms with Crippen LogP contribution in [-0.2, 0) is 21.8 Å². The zero-order chi connectivity index (χ0) is 14.8.